The molecule has 0 unspecified atom stereocenters. The number of nitrogens with zero attached hydrogens (tertiary/aromatic N) is 1. The highest BCUT2D eigenvalue weighted by Gasteiger charge is 2.29. The van der Waals surface area contributed by atoms with Gasteiger partial charge in [0.1, 0.15) is 5.54 Å². The Labute approximate surface area is 125 Å². The predicted molar refractivity (Wildman–Crippen MR) is 84.7 cm³/mol. The number of fused-ring (bicyclic) bond motifs is 1. The monoisotopic (exact) mass is 280 g/mol. The number of carbonyl (C=O) groups excluding carboxylic acids is 1. The number of amides is 1. The van der Waals surface area contributed by atoms with Crippen LogP contribution in [0.4, 0.5) is 0 Å². The molecule has 1 amide bonds. The van der Waals surface area contributed by atoms with Gasteiger partial charge in [-0.25, -0.2) is 0 Å². The molecule has 2 aromatic carbocycles. The lowest BCUT2D eigenvalue weighted by Gasteiger charge is -2.27. The van der Waals surface area contributed by atoms with Gasteiger partial charge in [-0.15, -0.1) is 0 Å². The molecule has 108 valence electrons. The summed E-state index contributed by atoms with van der Waals surface area (Å²) in [5, 5.41) is 14.3. The van der Waals surface area contributed by atoms with Gasteiger partial charge in [-0.2, -0.15) is 5.26 Å². The first-order valence-corrected chi connectivity index (χ1v) is 7.15. The van der Waals surface area contributed by atoms with Crippen LogP contribution in [-0.4, -0.2) is 11.4 Å². The second kappa shape index (κ2) is 5.97. The standard InChI is InChI=1S/C18H20N2O/c1-13(2)18(3,12-19)20-17(21)11-15-9-6-8-14-7-4-5-10-16(14)15/h4-10,13H,11H2,1-3H3,(H,20,21)/t18-/m0/s1. The maximum Gasteiger partial charge on any atom is 0.225 e. The summed E-state index contributed by atoms with van der Waals surface area (Å²) in [6.45, 7) is 5.63. The van der Waals surface area contributed by atoms with Crippen LogP contribution in [0.5, 0.6) is 0 Å². The second-order valence-corrected chi connectivity index (χ2v) is 5.83. The first kappa shape index (κ1) is 15.1. The van der Waals surface area contributed by atoms with E-state index in [1.165, 1.54) is 0 Å². The maximum atomic E-state index is 12.3. The first-order chi connectivity index (χ1) is 9.96. The number of hydrogen-bond donors (Lipinski definition) is 1. The second-order valence-electron chi connectivity index (χ2n) is 5.83. The largest absolute Gasteiger partial charge is 0.338 e. The summed E-state index contributed by atoms with van der Waals surface area (Å²) in [7, 11) is 0. The highest BCUT2D eigenvalue weighted by atomic mass is 16.1. The van der Waals surface area contributed by atoms with Gasteiger partial charge < -0.3 is 5.32 Å². The van der Waals surface area contributed by atoms with Gasteiger partial charge in [-0.05, 0) is 29.2 Å². The fourth-order valence-corrected chi connectivity index (χ4v) is 2.25. The maximum absolute atomic E-state index is 12.3. The van der Waals surface area contributed by atoms with Crippen molar-refractivity contribution < 1.29 is 4.79 Å². The molecule has 0 heterocycles. The van der Waals surface area contributed by atoms with Gasteiger partial charge >= 0.3 is 0 Å². The summed E-state index contributed by atoms with van der Waals surface area (Å²) in [5.74, 6) is -0.0666. The molecule has 0 aliphatic heterocycles. The highest BCUT2D eigenvalue weighted by Crippen LogP contribution is 2.20. The Kier molecular flexibility index (Phi) is 4.28. The van der Waals surface area contributed by atoms with Crippen LogP contribution in [0, 0.1) is 17.2 Å². The highest BCUT2D eigenvalue weighted by molar-refractivity contribution is 5.90. The van der Waals surface area contributed by atoms with Crippen LogP contribution in [0.1, 0.15) is 26.3 Å². The van der Waals surface area contributed by atoms with Crippen LogP contribution in [0.2, 0.25) is 0 Å². The summed E-state index contributed by atoms with van der Waals surface area (Å²) in [5.41, 5.74) is 0.149. The van der Waals surface area contributed by atoms with E-state index in [0.717, 1.165) is 16.3 Å². The summed E-state index contributed by atoms with van der Waals surface area (Å²) in [6, 6.07) is 16.1. The molecule has 21 heavy (non-hydrogen) atoms. The number of carbonyl (C=O) groups is 1. The zero-order valence-corrected chi connectivity index (χ0v) is 12.7. The van der Waals surface area contributed by atoms with Crippen molar-refractivity contribution >= 4 is 16.7 Å². The quantitative estimate of drug-likeness (QED) is 0.932. The molecular weight excluding hydrogens is 260 g/mol. The molecular formula is C18H20N2O. The zero-order valence-electron chi connectivity index (χ0n) is 12.7. The van der Waals surface area contributed by atoms with Gasteiger partial charge in [0, 0.05) is 0 Å². The number of nitriles is 1. The topological polar surface area (TPSA) is 52.9 Å². The molecule has 0 bridgehead atoms. The first-order valence-electron chi connectivity index (χ1n) is 7.15. The molecule has 0 radical (unpaired) electrons. The average Bonchev–Trinajstić information content (AvgIpc) is 2.47. The Bertz CT molecular complexity index is 694. The van der Waals surface area contributed by atoms with Gasteiger partial charge in [0.2, 0.25) is 5.91 Å². The minimum absolute atomic E-state index is 0.0546. The Morgan fingerprint density at radius 2 is 1.90 bits per heavy atom. The van der Waals surface area contributed by atoms with Gasteiger partial charge in [0.05, 0.1) is 12.5 Å². The van der Waals surface area contributed by atoms with Crippen molar-refractivity contribution in [3.63, 3.8) is 0 Å². The van der Waals surface area contributed by atoms with E-state index in [1.807, 2.05) is 56.3 Å². The van der Waals surface area contributed by atoms with Crippen LogP contribution in [-0.2, 0) is 11.2 Å². The Hall–Kier alpha value is -2.34. The van der Waals surface area contributed by atoms with E-state index in [0.29, 0.717) is 0 Å². The Morgan fingerprint density at radius 3 is 2.57 bits per heavy atom. The fraction of sp³-hybridized carbons (Fsp3) is 0.333. The molecule has 0 saturated carbocycles. The molecule has 1 atom stereocenters. The molecule has 3 nitrogen and oxygen atoms in total. The van der Waals surface area contributed by atoms with Crippen molar-refractivity contribution in [2.75, 3.05) is 0 Å². The number of rotatable bonds is 4. The Balaban J connectivity index is 2.21. The third-order valence-corrected chi connectivity index (χ3v) is 4.02. The van der Waals surface area contributed by atoms with Crippen molar-refractivity contribution in [2.24, 2.45) is 5.92 Å². The minimum Gasteiger partial charge on any atom is -0.338 e. The lowest BCUT2D eigenvalue weighted by atomic mass is 9.89. The lowest BCUT2D eigenvalue weighted by Crippen LogP contribution is -2.49. The molecule has 0 aliphatic carbocycles. The van der Waals surface area contributed by atoms with Crippen molar-refractivity contribution in [1.29, 1.82) is 5.26 Å². The van der Waals surface area contributed by atoms with Gasteiger partial charge in [0.25, 0.3) is 0 Å². The van der Waals surface area contributed by atoms with Crippen molar-refractivity contribution in [3.05, 3.63) is 48.0 Å². The van der Waals surface area contributed by atoms with E-state index >= 15 is 0 Å². The summed E-state index contributed by atoms with van der Waals surface area (Å²) < 4.78 is 0. The van der Waals surface area contributed by atoms with E-state index in [9.17, 15) is 10.1 Å². The summed E-state index contributed by atoms with van der Waals surface area (Å²) in [4.78, 5) is 12.3. The fourth-order valence-electron chi connectivity index (χ4n) is 2.25. The molecule has 1 N–H and O–H groups in total. The predicted octanol–water partition coefficient (Wildman–Crippen LogP) is 3.44. The van der Waals surface area contributed by atoms with E-state index in [2.05, 4.69) is 11.4 Å². The van der Waals surface area contributed by atoms with Gasteiger partial charge in [0.15, 0.2) is 0 Å². The number of nitrogens with one attached hydrogen (secondary N) is 1. The van der Waals surface area contributed by atoms with Crippen LogP contribution in [0.3, 0.4) is 0 Å². The lowest BCUT2D eigenvalue weighted by molar-refractivity contribution is -0.122. The molecule has 0 spiro atoms. The number of benzene rings is 2. The average molecular weight is 280 g/mol. The molecule has 3 heteroatoms. The smallest absolute Gasteiger partial charge is 0.225 e. The van der Waals surface area contributed by atoms with Crippen molar-refractivity contribution in [1.82, 2.24) is 5.32 Å². The van der Waals surface area contributed by atoms with E-state index < -0.39 is 5.54 Å². The molecule has 2 aromatic rings. The van der Waals surface area contributed by atoms with Crippen LogP contribution in [0.25, 0.3) is 10.8 Å². The molecule has 0 fully saturated rings. The van der Waals surface area contributed by atoms with Crippen molar-refractivity contribution in [2.45, 2.75) is 32.7 Å². The zero-order chi connectivity index (χ0) is 15.5. The normalized spacial score (nSPS) is 13.7. The SMILES string of the molecule is CC(C)[C@](C)(C#N)NC(=O)Cc1cccc2ccccc12. The molecule has 2 rings (SSSR count). The van der Waals surface area contributed by atoms with Gasteiger partial charge in [-0.3, -0.25) is 4.79 Å². The minimum atomic E-state index is -0.832. The molecule has 0 aliphatic rings. The van der Waals surface area contributed by atoms with Crippen LogP contribution in [0.15, 0.2) is 42.5 Å². The van der Waals surface area contributed by atoms with Gasteiger partial charge in [-0.1, -0.05) is 56.3 Å². The van der Waals surface area contributed by atoms with Crippen molar-refractivity contribution in [3.8, 4) is 6.07 Å². The third-order valence-electron chi connectivity index (χ3n) is 4.02. The Morgan fingerprint density at radius 1 is 1.24 bits per heavy atom. The molecule has 0 saturated heterocycles. The van der Waals surface area contributed by atoms with Crippen LogP contribution >= 0.6 is 0 Å². The van der Waals surface area contributed by atoms with E-state index in [1.54, 1.807) is 6.92 Å². The summed E-state index contributed by atoms with van der Waals surface area (Å²) >= 11 is 0. The van der Waals surface area contributed by atoms with E-state index in [4.69, 9.17) is 0 Å². The van der Waals surface area contributed by atoms with Crippen LogP contribution < -0.4 is 5.32 Å². The van der Waals surface area contributed by atoms with E-state index in [-0.39, 0.29) is 18.2 Å². The summed E-state index contributed by atoms with van der Waals surface area (Å²) in [6.07, 6.45) is 0.283. The third kappa shape index (κ3) is 3.22. The number of hydrogen-bond acceptors (Lipinski definition) is 2. The molecule has 0 aromatic heterocycles.